The number of benzene rings is 1. The fourth-order valence-corrected chi connectivity index (χ4v) is 4.13. The Kier molecular flexibility index (Phi) is 3.97. The van der Waals surface area contributed by atoms with Crippen molar-refractivity contribution in [1.82, 2.24) is 14.3 Å². The molecule has 0 bridgehead atoms. The molecule has 1 aromatic carbocycles. The molecule has 0 amide bonds. The molecule has 1 atom stereocenters. The van der Waals surface area contributed by atoms with Crippen LogP contribution in [0.1, 0.15) is 23.5 Å². The molecular formula is C15H17F2N3O2S. The van der Waals surface area contributed by atoms with Gasteiger partial charge in [0.2, 0.25) is 10.0 Å². The molecule has 0 saturated heterocycles. The Balaban J connectivity index is 1.84. The highest BCUT2D eigenvalue weighted by atomic mass is 32.2. The van der Waals surface area contributed by atoms with Crippen LogP contribution in [-0.4, -0.2) is 24.0 Å². The van der Waals surface area contributed by atoms with Crippen LogP contribution < -0.4 is 4.72 Å². The topological polar surface area (TPSA) is 64.0 Å². The average molecular weight is 341 g/mol. The molecule has 0 spiro atoms. The van der Waals surface area contributed by atoms with E-state index in [-0.39, 0.29) is 11.6 Å². The first-order chi connectivity index (χ1) is 10.8. The van der Waals surface area contributed by atoms with Crippen LogP contribution in [0.2, 0.25) is 0 Å². The van der Waals surface area contributed by atoms with E-state index in [0.717, 1.165) is 23.7 Å². The van der Waals surface area contributed by atoms with E-state index >= 15 is 0 Å². The fourth-order valence-electron chi connectivity index (χ4n) is 2.80. The van der Waals surface area contributed by atoms with E-state index in [4.69, 9.17) is 0 Å². The summed E-state index contributed by atoms with van der Waals surface area (Å²) in [6.07, 6.45) is 3.04. The van der Waals surface area contributed by atoms with Crippen LogP contribution in [0.25, 0.3) is 0 Å². The van der Waals surface area contributed by atoms with Crippen molar-refractivity contribution in [2.75, 3.05) is 0 Å². The summed E-state index contributed by atoms with van der Waals surface area (Å²) in [5.74, 6) is -0.792. The highest BCUT2D eigenvalue weighted by molar-refractivity contribution is 7.89. The number of nitrogens with one attached hydrogen (secondary N) is 1. The Hall–Kier alpha value is -1.80. The van der Waals surface area contributed by atoms with Crippen molar-refractivity contribution in [2.24, 2.45) is 0 Å². The van der Waals surface area contributed by atoms with Gasteiger partial charge < -0.3 is 4.57 Å². The Morgan fingerprint density at radius 3 is 2.74 bits per heavy atom. The number of aromatic nitrogens is 2. The van der Waals surface area contributed by atoms with Gasteiger partial charge in [0.05, 0.1) is 5.69 Å². The summed E-state index contributed by atoms with van der Waals surface area (Å²) < 4.78 is 56.6. The van der Waals surface area contributed by atoms with Crippen molar-refractivity contribution in [1.29, 1.82) is 0 Å². The molecule has 2 heterocycles. The van der Waals surface area contributed by atoms with Crippen molar-refractivity contribution in [3.8, 4) is 0 Å². The van der Waals surface area contributed by atoms with E-state index in [1.54, 1.807) is 0 Å². The molecule has 8 heteroatoms. The zero-order chi connectivity index (χ0) is 16.8. The summed E-state index contributed by atoms with van der Waals surface area (Å²) in [6.45, 7) is 3.67. The summed E-state index contributed by atoms with van der Waals surface area (Å²) in [6, 6.07) is 1.23. The highest BCUT2D eigenvalue weighted by Gasteiger charge is 2.27. The van der Waals surface area contributed by atoms with E-state index in [0.29, 0.717) is 19.4 Å². The summed E-state index contributed by atoms with van der Waals surface area (Å²) in [4.78, 5) is 3.69. The molecule has 0 radical (unpaired) electrons. The summed E-state index contributed by atoms with van der Waals surface area (Å²) in [5.41, 5.74) is 0.938. The van der Waals surface area contributed by atoms with Gasteiger partial charge in [0, 0.05) is 25.2 Å². The first-order valence-corrected chi connectivity index (χ1v) is 8.75. The van der Waals surface area contributed by atoms with Gasteiger partial charge in [0.25, 0.3) is 0 Å². The van der Waals surface area contributed by atoms with Crippen LogP contribution in [-0.2, 0) is 23.0 Å². The molecule has 1 N–H and O–H groups in total. The predicted octanol–water partition coefficient (Wildman–Crippen LogP) is 2.07. The number of hydrogen-bond acceptors (Lipinski definition) is 3. The molecule has 1 aromatic heterocycles. The second kappa shape index (κ2) is 5.68. The molecule has 1 unspecified atom stereocenters. The van der Waals surface area contributed by atoms with E-state index < -0.39 is 26.6 Å². The monoisotopic (exact) mass is 341 g/mol. The Bertz CT molecular complexity index is 862. The number of halogens is 2. The van der Waals surface area contributed by atoms with Crippen LogP contribution in [0.3, 0.4) is 0 Å². The molecule has 5 nitrogen and oxygen atoms in total. The third-order valence-electron chi connectivity index (χ3n) is 3.94. The van der Waals surface area contributed by atoms with Gasteiger partial charge in [0.1, 0.15) is 22.4 Å². The van der Waals surface area contributed by atoms with Gasteiger partial charge in [0.15, 0.2) is 0 Å². The van der Waals surface area contributed by atoms with Gasteiger partial charge >= 0.3 is 0 Å². The third-order valence-corrected chi connectivity index (χ3v) is 5.47. The first-order valence-electron chi connectivity index (χ1n) is 7.27. The van der Waals surface area contributed by atoms with Gasteiger partial charge in [-0.15, -0.1) is 0 Å². The third kappa shape index (κ3) is 3.13. The standard InChI is InChI=1S/C15H17F2N3O2S/c1-9-5-13(17)14(6-12(9)16)23(21,22)19-11-3-4-15-18-10(2)7-20(15)8-11/h5-7,11,19H,3-4,8H2,1-2H3. The predicted molar refractivity (Wildman–Crippen MR) is 80.5 cm³/mol. The average Bonchev–Trinajstić information content (AvgIpc) is 2.81. The lowest BCUT2D eigenvalue weighted by Gasteiger charge is -2.24. The van der Waals surface area contributed by atoms with E-state index in [1.165, 1.54) is 6.92 Å². The lowest BCUT2D eigenvalue weighted by atomic mass is 10.1. The molecule has 0 fully saturated rings. The summed E-state index contributed by atoms with van der Waals surface area (Å²) in [5, 5.41) is 0. The number of nitrogens with zero attached hydrogens (tertiary/aromatic N) is 2. The summed E-state index contributed by atoms with van der Waals surface area (Å²) in [7, 11) is -4.12. The largest absolute Gasteiger partial charge is 0.333 e. The Morgan fingerprint density at radius 1 is 1.26 bits per heavy atom. The highest BCUT2D eigenvalue weighted by Crippen LogP contribution is 2.21. The minimum absolute atomic E-state index is 0.0673. The van der Waals surface area contributed by atoms with E-state index in [2.05, 4.69) is 9.71 Å². The van der Waals surface area contributed by atoms with E-state index in [1.807, 2.05) is 17.7 Å². The molecule has 3 rings (SSSR count). The molecular weight excluding hydrogens is 324 g/mol. The first kappa shape index (κ1) is 16.1. The minimum atomic E-state index is -4.12. The quantitative estimate of drug-likeness (QED) is 0.930. The van der Waals surface area contributed by atoms with Gasteiger partial charge in [-0.05, 0) is 38.0 Å². The van der Waals surface area contributed by atoms with E-state index in [9.17, 15) is 17.2 Å². The molecule has 0 saturated carbocycles. The van der Waals surface area contributed by atoms with Crippen LogP contribution in [0.15, 0.2) is 23.2 Å². The molecule has 1 aliphatic rings. The molecule has 23 heavy (non-hydrogen) atoms. The van der Waals surface area contributed by atoms with Crippen LogP contribution >= 0.6 is 0 Å². The molecule has 124 valence electrons. The van der Waals surface area contributed by atoms with Crippen LogP contribution in [0, 0.1) is 25.5 Å². The zero-order valence-electron chi connectivity index (χ0n) is 12.8. The number of fused-ring (bicyclic) bond motifs is 1. The Labute approximate surface area is 133 Å². The smallest absolute Gasteiger partial charge is 0.243 e. The maximum absolute atomic E-state index is 13.9. The lowest BCUT2D eigenvalue weighted by Crippen LogP contribution is -2.41. The second-order valence-electron chi connectivity index (χ2n) is 5.84. The maximum Gasteiger partial charge on any atom is 0.243 e. The second-order valence-corrected chi connectivity index (χ2v) is 7.52. The number of rotatable bonds is 3. The van der Waals surface area contributed by atoms with Crippen molar-refractivity contribution in [3.05, 3.63) is 47.0 Å². The molecule has 0 aliphatic carbocycles. The Morgan fingerprint density at radius 2 is 2.00 bits per heavy atom. The summed E-state index contributed by atoms with van der Waals surface area (Å²) >= 11 is 0. The van der Waals surface area contributed by atoms with Crippen molar-refractivity contribution < 1.29 is 17.2 Å². The maximum atomic E-state index is 13.9. The SMILES string of the molecule is Cc1cn2c(n1)CCC(NS(=O)(=O)c1cc(F)c(C)cc1F)C2. The number of sulfonamides is 1. The fraction of sp³-hybridized carbons (Fsp3) is 0.400. The van der Waals surface area contributed by atoms with Gasteiger partial charge in [-0.1, -0.05) is 0 Å². The zero-order valence-corrected chi connectivity index (χ0v) is 13.6. The molecule has 1 aliphatic heterocycles. The lowest BCUT2D eigenvalue weighted by molar-refractivity contribution is 0.419. The van der Waals surface area contributed by atoms with Crippen molar-refractivity contribution in [2.45, 2.75) is 44.2 Å². The van der Waals surface area contributed by atoms with Crippen LogP contribution in [0.5, 0.6) is 0 Å². The molecule has 2 aromatic rings. The number of aryl methyl sites for hydroxylation is 3. The van der Waals surface area contributed by atoms with Gasteiger partial charge in [-0.3, -0.25) is 0 Å². The van der Waals surface area contributed by atoms with Gasteiger partial charge in [-0.2, -0.15) is 0 Å². The van der Waals surface area contributed by atoms with Gasteiger partial charge in [-0.25, -0.2) is 26.9 Å². The minimum Gasteiger partial charge on any atom is -0.333 e. The number of hydrogen-bond donors (Lipinski definition) is 1. The number of imidazole rings is 1. The van der Waals surface area contributed by atoms with Crippen molar-refractivity contribution >= 4 is 10.0 Å². The van der Waals surface area contributed by atoms with Crippen LogP contribution in [0.4, 0.5) is 8.78 Å². The normalized spacial score (nSPS) is 18.0. The van der Waals surface area contributed by atoms with Crippen molar-refractivity contribution in [3.63, 3.8) is 0 Å².